The fourth-order valence-corrected chi connectivity index (χ4v) is 4.57. The van der Waals surface area contributed by atoms with E-state index in [-0.39, 0.29) is 11.7 Å². The molecule has 0 atom stereocenters. The number of aryl methyl sites for hydroxylation is 1. The molecule has 10 heteroatoms. The molecule has 0 radical (unpaired) electrons. The van der Waals surface area contributed by atoms with Gasteiger partial charge in [0, 0.05) is 36.7 Å². The van der Waals surface area contributed by atoms with Crippen LogP contribution >= 0.6 is 11.6 Å². The van der Waals surface area contributed by atoms with Crippen molar-refractivity contribution in [2.45, 2.75) is 39.2 Å². The first-order valence-electron chi connectivity index (χ1n) is 12.3. The highest BCUT2D eigenvalue weighted by Crippen LogP contribution is 2.27. The van der Waals surface area contributed by atoms with Crippen LogP contribution in [0.1, 0.15) is 33.6 Å². The van der Waals surface area contributed by atoms with Crippen molar-refractivity contribution in [1.29, 1.82) is 0 Å². The van der Waals surface area contributed by atoms with Crippen molar-refractivity contribution in [3.8, 4) is 11.4 Å². The van der Waals surface area contributed by atoms with Gasteiger partial charge < -0.3 is 14.4 Å². The maximum absolute atomic E-state index is 13.0. The van der Waals surface area contributed by atoms with Crippen molar-refractivity contribution >= 4 is 39.5 Å². The first-order valence-corrected chi connectivity index (χ1v) is 12.7. The Labute approximate surface area is 225 Å². The Hall–Kier alpha value is -3.85. The minimum Gasteiger partial charge on any atom is -0.494 e. The summed E-state index contributed by atoms with van der Waals surface area (Å²) < 4.78 is 13.1. The van der Waals surface area contributed by atoms with E-state index in [2.05, 4.69) is 4.98 Å². The number of pyridine rings is 1. The molecule has 0 N–H and O–H groups in total. The fraction of sp³-hybridized carbons (Fsp3) is 0.357. The summed E-state index contributed by atoms with van der Waals surface area (Å²) in [4.78, 5) is 43.5. The molecule has 4 aromatic rings. The van der Waals surface area contributed by atoms with Crippen LogP contribution in [0.5, 0.6) is 5.75 Å². The second kappa shape index (κ2) is 10.9. The van der Waals surface area contributed by atoms with Crippen LogP contribution in [0.15, 0.2) is 58.3 Å². The molecule has 5 rings (SSSR count). The Morgan fingerprint density at radius 3 is 2.34 bits per heavy atom. The average Bonchev–Trinajstić information content (AvgIpc) is 3.41. The van der Waals surface area contributed by atoms with Crippen molar-refractivity contribution in [3.63, 3.8) is 0 Å². The van der Waals surface area contributed by atoms with Gasteiger partial charge in [0.25, 0.3) is 5.56 Å². The molecule has 3 heterocycles. The van der Waals surface area contributed by atoms with Crippen molar-refractivity contribution in [2.24, 2.45) is 7.05 Å². The second-order valence-electron chi connectivity index (χ2n) is 10.0. The number of amides is 1. The Balaban J connectivity index is 0.000000236. The lowest BCUT2D eigenvalue weighted by molar-refractivity contribution is 0.0295. The summed E-state index contributed by atoms with van der Waals surface area (Å²) in [5.74, 6) is 0.580. The number of benzene rings is 2. The zero-order valence-electron chi connectivity index (χ0n) is 22.2. The van der Waals surface area contributed by atoms with Gasteiger partial charge in [-0.3, -0.25) is 14.3 Å². The standard InChI is InChI=1S/C19H14ClN3O3.C9H17NO2/c1-22-17-13-7-4-8-15(26-2)16(13)21-10-14(17)18(24)23(19(22)25)12-6-3-5-11(20)9-12;1-9(2,3)12-8(11)10-6-4-5-7-10/h3-10H,1-2H3;4-7H2,1-3H3. The van der Waals surface area contributed by atoms with Crippen LogP contribution in [0.3, 0.4) is 0 Å². The Morgan fingerprint density at radius 2 is 1.71 bits per heavy atom. The molecule has 0 saturated carbocycles. The molecule has 1 saturated heterocycles. The third-order valence-electron chi connectivity index (χ3n) is 6.12. The van der Waals surface area contributed by atoms with Gasteiger partial charge in [-0.15, -0.1) is 0 Å². The van der Waals surface area contributed by atoms with E-state index in [4.69, 9.17) is 21.1 Å². The summed E-state index contributed by atoms with van der Waals surface area (Å²) in [5.41, 5.74) is 0.262. The van der Waals surface area contributed by atoms with E-state index < -0.39 is 11.2 Å². The smallest absolute Gasteiger partial charge is 0.410 e. The molecule has 9 nitrogen and oxygen atoms in total. The Morgan fingerprint density at radius 1 is 1.03 bits per heavy atom. The Bertz CT molecular complexity index is 1610. The minimum atomic E-state index is -0.458. The molecule has 1 aliphatic rings. The first kappa shape index (κ1) is 27.2. The number of likely N-dealkylation sites (tertiary alicyclic amines) is 1. The topological polar surface area (TPSA) is 95.7 Å². The molecule has 2 aromatic carbocycles. The molecular weight excluding hydrogens is 508 g/mol. The zero-order chi connectivity index (χ0) is 27.6. The van der Waals surface area contributed by atoms with E-state index in [9.17, 15) is 14.4 Å². The quantitative estimate of drug-likeness (QED) is 0.336. The molecular formula is C28H31ClN4O5. The number of carbonyl (C=O) groups excluding carboxylic acids is 1. The number of para-hydroxylation sites is 1. The van der Waals surface area contributed by atoms with Crippen LogP contribution in [0.25, 0.3) is 27.5 Å². The summed E-state index contributed by atoms with van der Waals surface area (Å²) in [6.45, 7) is 7.38. The maximum atomic E-state index is 13.0. The average molecular weight is 539 g/mol. The number of fused-ring (bicyclic) bond motifs is 3. The summed E-state index contributed by atoms with van der Waals surface area (Å²) >= 11 is 6.02. The normalized spacial score (nSPS) is 13.4. The van der Waals surface area contributed by atoms with Gasteiger partial charge in [0.2, 0.25) is 0 Å². The lowest BCUT2D eigenvalue weighted by Gasteiger charge is -2.23. The van der Waals surface area contributed by atoms with E-state index in [1.54, 1.807) is 55.5 Å². The minimum absolute atomic E-state index is 0.167. The van der Waals surface area contributed by atoms with Crippen LogP contribution in [-0.4, -0.2) is 50.9 Å². The lowest BCUT2D eigenvalue weighted by atomic mass is 10.1. The van der Waals surface area contributed by atoms with Gasteiger partial charge in [-0.25, -0.2) is 14.2 Å². The number of ether oxygens (including phenoxy) is 2. The first-order chi connectivity index (χ1) is 18.0. The highest BCUT2D eigenvalue weighted by atomic mass is 35.5. The van der Waals surface area contributed by atoms with E-state index in [1.165, 1.54) is 10.8 Å². The van der Waals surface area contributed by atoms with Gasteiger partial charge in [0.1, 0.15) is 16.9 Å². The van der Waals surface area contributed by atoms with Gasteiger partial charge in [0.15, 0.2) is 0 Å². The highest BCUT2D eigenvalue weighted by Gasteiger charge is 2.24. The number of hydrogen-bond acceptors (Lipinski definition) is 6. The zero-order valence-corrected chi connectivity index (χ0v) is 22.9. The van der Waals surface area contributed by atoms with Crippen LogP contribution in [0.2, 0.25) is 5.02 Å². The number of hydrogen-bond donors (Lipinski definition) is 0. The van der Waals surface area contributed by atoms with Crippen LogP contribution in [0.4, 0.5) is 4.79 Å². The van der Waals surface area contributed by atoms with E-state index >= 15 is 0 Å². The second-order valence-corrected chi connectivity index (χ2v) is 10.4. The molecule has 1 amide bonds. The number of methoxy groups -OCH3 is 1. The Kier molecular flexibility index (Phi) is 7.78. The van der Waals surface area contributed by atoms with Crippen LogP contribution in [-0.2, 0) is 11.8 Å². The molecule has 0 spiro atoms. The molecule has 1 fully saturated rings. The maximum Gasteiger partial charge on any atom is 0.410 e. The van der Waals surface area contributed by atoms with Crippen molar-refractivity contribution in [2.75, 3.05) is 20.2 Å². The number of rotatable bonds is 2. The van der Waals surface area contributed by atoms with Gasteiger partial charge in [-0.1, -0.05) is 29.8 Å². The van der Waals surface area contributed by atoms with Crippen LogP contribution < -0.4 is 16.0 Å². The van der Waals surface area contributed by atoms with Gasteiger partial charge in [-0.2, -0.15) is 0 Å². The fourth-order valence-electron chi connectivity index (χ4n) is 4.39. The van der Waals surface area contributed by atoms with Gasteiger partial charge >= 0.3 is 11.8 Å². The summed E-state index contributed by atoms with van der Waals surface area (Å²) in [6, 6.07) is 12.0. The molecule has 1 aliphatic heterocycles. The van der Waals surface area contributed by atoms with E-state index in [1.807, 2.05) is 26.8 Å². The molecule has 200 valence electrons. The predicted octanol–water partition coefficient (Wildman–Crippen LogP) is 4.92. The van der Waals surface area contributed by atoms with E-state index in [0.717, 1.165) is 30.5 Å². The summed E-state index contributed by atoms with van der Waals surface area (Å²) in [5, 5.41) is 1.46. The van der Waals surface area contributed by atoms with Crippen molar-refractivity contribution in [3.05, 3.63) is 74.5 Å². The lowest BCUT2D eigenvalue weighted by Crippen LogP contribution is -2.38. The summed E-state index contributed by atoms with van der Waals surface area (Å²) in [6.07, 6.45) is 3.53. The number of aromatic nitrogens is 3. The van der Waals surface area contributed by atoms with Gasteiger partial charge in [-0.05, 0) is 57.9 Å². The molecule has 0 unspecified atom stereocenters. The van der Waals surface area contributed by atoms with E-state index in [0.29, 0.717) is 38.3 Å². The molecule has 2 aromatic heterocycles. The molecule has 0 aliphatic carbocycles. The monoisotopic (exact) mass is 538 g/mol. The largest absolute Gasteiger partial charge is 0.494 e. The van der Waals surface area contributed by atoms with Crippen molar-refractivity contribution < 1.29 is 14.3 Å². The predicted molar refractivity (Wildman–Crippen MR) is 149 cm³/mol. The number of halogens is 1. The van der Waals surface area contributed by atoms with Crippen molar-refractivity contribution in [1.82, 2.24) is 19.0 Å². The summed E-state index contributed by atoms with van der Waals surface area (Å²) in [7, 11) is 3.18. The highest BCUT2D eigenvalue weighted by molar-refractivity contribution is 6.30. The number of carbonyl (C=O) groups is 1. The molecule has 0 bridgehead atoms. The van der Waals surface area contributed by atoms with Crippen LogP contribution in [0, 0.1) is 0 Å². The number of nitrogens with zero attached hydrogens (tertiary/aromatic N) is 4. The van der Waals surface area contributed by atoms with Gasteiger partial charge in [0.05, 0.1) is 23.7 Å². The molecule has 38 heavy (non-hydrogen) atoms. The third-order valence-corrected chi connectivity index (χ3v) is 6.36. The third kappa shape index (κ3) is 5.52. The SMILES string of the molecule is CC(C)(C)OC(=O)N1CCCC1.COc1cccc2c1ncc1c(=O)n(-c3cccc(Cl)c3)c(=O)n(C)c12.